The molecule has 0 aromatic rings. The molecule has 1 aliphatic carbocycles. The van der Waals surface area contributed by atoms with Gasteiger partial charge in [-0.2, -0.15) is 0 Å². The van der Waals surface area contributed by atoms with E-state index in [0.717, 1.165) is 12.3 Å². The van der Waals surface area contributed by atoms with Crippen LogP contribution in [0.1, 0.15) is 46.5 Å². The SMILES string of the molecule is CC(C)(C)C1CCC2CC(=O)OC2C1. The van der Waals surface area contributed by atoms with E-state index < -0.39 is 0 Å². The Morgan fingerprint density at radius 3 is 2.64 bits per heavy atom. The van der Waals surface area contributed by atoms with Crippen LogP contribution in [-0.2, 0) is 9.53 Å². The zero-order chi connectivity index (χ0) is 10.3. The highest BCUT2D eigenvalue weighted by Gasteiger charge is 2.42. The summed E-state index contributed by atoms with van der Waals surface area (Å²) < 4.78 is 5.35. The number of fused-ring (bicyclic) bond motifs is 1. The molecule has 2 nitrogen and oxygen atoms in total. The smallest absolute Gasteiger partial charge is 0.306 e. The van der Waals surface area contributed by atoms with Gasteiger partial charge >= 0.3 is 5.97 Å². The van der Waals surface area contributed by atoms with Crippen molar-refractivity contribution in [3.8, 4) is 0 Å². The molecule has 0 amide bonds. The first-order valence-corrected chi connectivity index (χ1v) is 5.66. The van der Waals surface area contributed by atoms with Crippen molar-refractivity contribution < 1.29 is 9.53 Å². The number of hydrogen-bond donors (Lipinski definition) is 0. The maximum atomic E-state index is 11.1. The van der Waals surface area contributed by atoms with Crippen molar-refractivity contribution in [1.82, 2.24) is 0 Å². The van der Waals surface area contributed by atoms with E-state index in [-0.39, 0.29) is 12.1 Å². The van der Waals surface area contributed by atoms with Crippen molar-refractivity contribution in [1.29, 1.82) is 0 Å². The highest BCUT2D eigenvalue weighted by Crippen LogP contribution is 2.44. The van der Waals surface area contributed by atoms with E-state index in [9.17, 15) is 4.79 Å². The van der Waals surface area contributed by atoms with Gasteiger partial charge in [0.05, 0.1) is 6.42 Å². The first-order chi connectivity index (χ1) is 6.47. The Kier molecular flexibility index (Phi) is 2.32. The van der Waals surface area contributed by atoms with Crippen molar-refractivity contribution in [2.75, 3.05) is 0 Å². The quantitative estimate of drug-likeness (QED) is 0.557. The third-order valence-corrected chi connectivity index (χ3v) is 3.86. The molecule has 0 aromatic heterocycles. The Labute approximate surface area is 86.0 Å². The van der Waals surface area contributed by atoms with Crippen LogP contribution in [0.3, 0.4) is 0 Å². The molecule has 2 fully saturated rings. The molecule has 14 heavy (non-hydrogen) atoms. The van der Waals surface area contributed by atoms with Crippen LogP contribution in [0.4, 0.5) is 0 Å². The summed E-state index contributed by atoms with van der Waals surface area (Å²) in [7, 11) is 0. The number of carbonyl (C=O) groups excluding carboxylic acids is 1. The highest BCUT2D eigenvalue weighted by atomic mass is 16.5. The second-order valence-corrected chi connectivity index (χ2v) is 5.87. The molecule has 80 valence electrons. The van der Waals surface area contributed by atoms with Crippen LogP contribution in [-0.4, -0.2) is 12.1 Å². The molecule has 1 saturated heterocycles. The van der Waals surface area contributed by atoms with Gasteiger partial charge in [0.1, 0.15) is 6.10 Å². The topological polar surface area (TPSA) is 26.3 Å². The summed E-state index contributed by atoms with van der Waals surface area (Å²) in [6, 6.07) is 0. The van der Waals surface area contributed by atoms with Crippen LogP contribution in [0.5, 0.6) is 0 Å². The monoisotopic (exact) mass is 196 g/mol. The number of ether oxygens (including phenoxy) is 1. The summed E-state index contributed by atoms with van der Waals surface area (Å²) in [6.07, 6.45) is 4.43. The molecule has 3 atom stereocenters. The van der Waals surface area contributed by atoms with Crippen molar-refractivity contribution >= 4 is 5.97 Å². The number of esters is 1. The van der Waals surface area contributed by atoms with Crippen molar-refractivity contribution in [3.63, 3.8) is 0 Å². The molecule has 0 spiro atoms. The standard InChI is InChI=1S/C12H20O2/c1-12(2,3)9-5-4-8-6-11(13)14-10(8)7-9/h8-10H,4-7H2,1-3H3. The largest absolute Gasteiger partial charge is 0.462 e. The zero-order valence-corrected chi connectivity index (χ0v) is 9.38. The fourth-order valence-corrected chi connectivity index (χ4v) is 2.79. The van der Waals surface area contributed by atoms with Gasteiger partial charge in [0.25, 0.3) is 0 Å². The summed E-state index contributed by atoms with van der Waals surface area (Å²) in [6.45, 7) is 6.86. The number of rotatable bonds is 0. The van der Waals surface area contributed by atoms with Crippen LogP contribution in [0.2, 0.25) is 0 Å². The van der Waals surface area contributed by atoms with Crippen molar-refractivity contribution in [2.24, 2.45) is 17.3 Å². The fraction of sp³-hybridized carbons (Fsp3) is 0.917. The Bertz CT molecular complexity index is 239. The molecule has 2 heteroatoms. The first-order valence-electron chi connectivity index (χ1n) is 5.66. The van der Waals surface area contributed by atoms with Gasteiger partial charge in [-0.25, -0.2) is 0 Å². The lowest BCUT2D eigenvalue weighted by atomic mass is 9.69. The summed E-state index contributed by atoms with van der Waals surface area (Å²) in [5.41, 5.74) is 0.361. The molecule has 0 aromatic carbocycles. The minimum Gasteiger partial charge on any atom is -0.462 e. The second kappa shape index (κ2) is 3.25. The predicted octanol–water partition coefficient (Wildman–Crippen LogP) is 2.76. The molecular formula is C12H20O2. The van der Waals surface area contributed by atoms with Gasteiger partial charge in [0.2, 0.25) is 0 Å². The van der Waals surface area contributed by atoms with Gasteiger partial charge in [0.15, 0.2) is 0 Å². The van der Waals surface area contributed by atoms with Crippen LogP contribution >= 0.6 is 0 Å². The number of carbonyl (C=O) groups is 1. The lowest BCUT2D eigenvalue weighted by molar-refractivity contribution is -0.142. The van der Waals surface area contributed by atoms with Gasteiger partial charge in [-0.3, -0.25) is 4.79 Å². The van der Waals surface area contributed by atoms with Gasteiger partial charge in [-0.05, 0) is 30.6 Å². The van der Waals surface area contributed by atoms with Crippen LogP contribution in [0, 0.1) is 17.3 Å². The van der Waals surface area contributed by atoms with E-state index in [4.69, 9.17) is 4.74 Å². The summed E-state index contributed by atoms with van der Waals surface area (Å²) in [4.78, 5) is 11.1. The van der Waals surface area contributed by atoms with Gasteiger partial charge in [-0.1, -0.05) is 20.8 Å². The Balaban J connectivity index is 2.01. The molecule has 1 aliphatic heterocycles. The van der Waals surface area contributed by atoms with E-state index in [1.807, 2.05) is 0 Å². The van der Waals surface area contributed by atoms with E-state index in [1.54, 1.807) is 0 Å². The van der Waals surface area contributed by atoms with E-state index in [1.165, 1.54) is 12.8 Å². The molecular weight excluding hydrogens is 176 g/mol. The van der Waals surface area contributed by atoms with Crippen molar-refractivity contribution in [3.05, 3.63) is 0 Å². The Morgan fingerprint density at radius 1 is 1.29 bits per heavy atom. The minimum absolute atomic E-state index is 0.0227. The minimum atomic E-state index is 0.0227. The molecule has 0 radical (unpaired) electrons. The summed E-state index contributed by atoms with van der Waals surface area (Å²) in [5, 5.41) is 0. The molecule has 2 rings (SSSR count). The predicted molar refractivity (Wildman–Crippen MR) is 54.8 cm³/mol. The van der Waals surface area contributed by atoms with Gasteiger partial charge in [-0.15, -0.1) is 0 Å². The van der Waals surface area contributed by atoms with E-state index in [0.29, 0.717) is 17.8 Å². The molecule has 0 bridgehead atoms. The highest BCUT2D eigenvalue weighted by molar-refractivity contribution is 5.72. The zero-order valence-electron chi connectivity index (χ0n) is 9.38. The maximum absolute atomic E-state index is 11.1. The van der Waals surface area contributed by atoms with Gasteiger partial charge < -0.3 is 4.74 Å². The average Bonchev–Trinajstić information content (AvgIpc) is 2.41. The van der Waals surface area contributed by atoms with E-state index in [2.05, 4.69) is 20.8 Å². The molecule has 2 aliphatic rings. The summed E-state index contributed by atoms with van der Waals surface area (Å²) >= 11 is 0. The van der Waals surface area contributed by atoms with Crippen LogP contribution in [0.25, 0.3) is 0 Å². The maximum Gasteiger partial charge on any atom is 0.306 e. The molecule has 1 heterocycles. The van der Waals surface area contributed by atoms with Crippen LogP contribution < -0.4 is 0 Å². The first kappa shape index (κ1) is 10.0. The summed E-state index contributed by atoms with van der Waals surface area (Å²) in [5.74, 6) is 1.27. The second-order valence-electron chi connectivity index (χ2n) is 5.87. The molecule has 1 saturated carbocycles. The molecule has 0 N–H and O–H groups in total. The van der Waals surface area contributed by atoms with E-state index >= 15 is 0 Å². The average molecular weight is 196 g/mol. The lowest BCUT2D eigenvalue weighted by Crippen LogP contribution is -2.33. The Morgan fingerprint density at radius 2 is 2.00 bits per heavy atom. The lowest BCUT2D eigenvalue weighted by Gasteiger charge is -2.38. The van der Waals surface area contributed by atoms with Crippen LogP contribution in [0.15, 0.2) is 0 Å². The fourth-order valence-electron chi connectivity index (χ4n) is 2.79. The Hall–Kier alpha value is -0.530. The normalized spacial score (nSPS) is 37.9. The third-order valence-electron chi connectivity index (χ3n) is 3.86. The molecule has 3 unspecified atom stereocenters. The van der Waals surface area contributed by atoms with Gasteiger partial charge in [0, 0.05) is 5.92 Å². The third kappa shape index (κ3) is 1.79. The van der Waals surface area contributed by atoms with Crippen molar-refractivity contribution in [2.45, 2.75) is 52.6 Å². The number of hydrogen-bond acceptors (Lipinski definition) is 2.